The second-order valence-electron chi connectivity index (χ2n) is 2.39. The Hall–Kier alpha value is -1.19. The SMILES string of the molecule is NCC=Cc1ccc(CO)cn1. The molecule has 1 aromatic heterocycles. The first-order valence-corrected chi connectivity index (χ1v) is 3.79. The number of pyridine rings is 1. The van der Waals surface area contributed by atoms with E-state index in [0.717, 1.165) is 11.3 Å². The molecule has 64 valence electrons. The molecule has 0 aliphatic carbocycles. The summed E-state index contributed by atoms with van der Waals surface area (Å²) in [6.45, 7) is 0.553. The molecule has 0 spiro atoms. The maximum absolute atomic E-state index is 8.73. The number of nitrogens with zero attached hydrogens (tertiary/aromatic N) is 1. The first-order chi connectivity index (χ1) is 5.86. The molecular weight excluding hydrogens is 152 g/mol. The second-order valence-corrected chi connectivity index (χ2v) is 2.39. The summed E-state index contributed by atoms with van der Waals surface area (Å²) in [5, 5.41) is 8.73. The van der Waals surface area contributed by atoms with Crippen molar-refractivity contribution in [3.8, 4) is 0 Å². The standard InChI is InChI=1S/C9H12N2O/c10-5-1-2-9-4-3-8(7-12)6-11-9/h1-4,6,12H,5,7,10H2. The minimum absolute atomic E-state index is 0.0356. The Morgan fingerprint density at radius 2 is 2.33 bits per heavy atom. The highest BCUT2D eigenvalue weighted by atomic mass is 16.3. The highest BCUT2D eigenvalue weighted by Gasteiger charge is 1.89. The summed E-state index contributed by atoms with van der Waals surface area (Å²) in [6, 6.07) is 3.68. The lowest BCUT2D eigenvalue weighted by molar-refractivity contribution is 0.281. The highest BCUT2D eigenvalue weighted by Crippen LogP contribution is 2.01. The van der Waals surface area contributed by atoms with Crippen LogP contribution in [-0.4, -0.2) is 16.6 Å². The zero-order valence-corrected chi connectivity index (χ0v) is 6.77. The van der Waals surface area contributed by atoms with Crippen LogP contribution < -0.4 is 5.73 Å². The van der Waals surface area contributed by atoms with Gasteiger partial charge in [0.25, 0.3) is 0 Å². The maximum atomic E-state index is 8.73. The smallest absolute Gasteiger partial charge is 0.0696 e. The van der Waals surface area contributed by atoms with Crippen LogP contribution in [0.4, 0.5) is 0 Å². The normalized spacial score (nSPS) is 10.8. The largest absolute Gasteiger partial charge is 0.392 e. The Bertz CT molecular complexity index is 254. The molecule has 3 N–H and O–H groups in total. The molecule has 1 rings (SSSR count). The molecule has 0 fully saturated rings. The summed E-state index contributed by atoms with van der Waals surface area (Å²) in [5.74, 6) is 0. The van der Waals surface area contributed by atoms with Gasteiger partial charge in [0, 0.05) is 12.7 Å². The van der Waals surface area contributed by atoms with E-state index in [1.54, 1.807) is 6.20 Å². The molecule has 0 bridgehead atoms. The quantitative estimate of drug-likeness (QED) is 0.685. The minimum atomic E-state index is 0.0356. The van der Waals surface area contributed by atoms with Crippen LogP contribution in [-0.2, 0) is 6.61 Å². The molecule has 0 aromatic carbocycles. The van der Waals surface area contributed by atoms with Crippen molar-refractivity contribution < 1.29 is 5.11 Å². The topological polar surface area (TPSA) is 59.1 Å². The molecule has 1 aromatic rings. The Balaban J connectivity index is 2.71. The van der Waals surface area contributed by atoms with Gasteiger partial charge in [0.2, 0.25) is 0 Å². The number of aliphatic hydroxyl groups excluding tert-OH is 1. The van der Waals surface area contributed by atoms with Crippen molar-refractivity contribution in [3.05, 3.63) is 35.7 Å². The van der Waals surface area contributed by atoms with E-state index in [-0.39, 0.29) is 6.61 Å². The van der Waals surface area contributed by atoms with Crippen LogP contribution >= 0.6 is 0 Å². The zero-order chi connectivity index (χ0) is 8.81. The van der Waals surface area contributed by atoms with Crippen molar-refractivity contribution in [3.63, 3.8) is 0 Å². The third-order valence-corrected chi connectivity index (χ3v) is 1.45. The van der Waals surface area contributed by atoms with Crippen LogP contribution in [0.25, 0.3) is 6.08 Å². The van der Waals surface area contributed by atoms with Crippen molar-refractivity contribution in [2.24, 2.45) is 5.73 Å². The molecule has 0 unspecified atom stereocenters. The van der Waals surface area contributed by atoms with Gasteiger partial charge in [-0.05, 0) is 17.7 Å². The molecule has 0 aliphatic rings. The Labute approximate surface area is 71.6 Å². The van der Waals surface area contributed by atoms with Crippen LogP contribution in [0.5, 0.6) is 0 Å². The van der Waals surface area contributed by atoms with Gasteiger partial charge < -0.3 is 10.8 Å². The molecule has 1 heterocycles. The fraction of sp³-hybridized carbons (Fsp3) is 0.222. The summed E-state index contributed by atoms with van der Waals surface area (Å²) in [6.07, 6.45) is 5.33. The number of nitrogens with two attached hydrogens (primary N) is 1. The van der Waals surface area contributed by atoms with Gasteiger partial charge in [-0.3, -0.25) is 4.98 Å². The molecular formula is C9H12N2O. The summed E-state index contributed by atoms with van der Waals surface area (Å²) in [7, 11) is 0. The molecule has 0 aliphatic heterocycles. The van der Waals surface area contributed by atoms with Gasteiger partial charge in [0.15, 0.2) is 0 Å². The van der Waals surface area contributed by atoms with Crippen LogP contribution in [0.1, 0.15) is 11.3 Å². The number of aromatic nitrogens is 1. The molecule has 0 atom stereocenters. The van der Waals surface area contributed by atoms with Crippen LogP contribution in [0.3, 0.4) is 0 Å². The van der Waals surface area contributed by atoms with Crippen molar-refractivity contribution >= 4 is 6.08 Å². The van der Waals surface area contributed by atoms with Crippen LogP contribution in [0, 0.1) is 0 Å². The number of hydrogen-bond acceptors (Lipinski definition) is 3. The average Bonchev–Trinajstić information content (AvgIpc) is 2.15. The summed E-state index contributed by atoms with van der Waals surface area (Å²) in [5.41, 5.74) is 6.96. The van der Waals surface area contributed by atoms with Gasteiger partial charge in [-0.1, -0.05) is 12.1 Å². The molecule has 12 heavy (non-hydrogen) atoms. The predicted octanol–water partition coefficient (Wildman–Crippen LogP) is 0.546. The first kappa shape index (κ1) is 8.90. The van der Waals surface area contributed by atoms with Gasteiger partial charge in [-0.25, -0.2) is 0 Å². The van der Waals surface area contributed by atoms with E-state index in [2.05, 4.69) is 4.98 Å². The lowest BCUT2D eigenvalue weighted by Crippen LogP contribution is -1.92. The van der Waals surface area contributed by atoms with E-state index >= 15 is 0 Å². The fourth-order valence-electron chi connectivity index (χ4n) is 0.817. The molecule has 3 nitrogen and oxygen atoms in total. The van der Waals surface area contributed by atoms with Gasteiger partial charge >= 0.3 is 0 Å². The second kappa shape index (κ2) is 4.64. The predicted molar refractivity (Wildman–Crippen MR) is 48.2 cm³/mol. The van der Waals surface area contributed by atoms with E-state index in [1.807, 2.05) is 24.3 Å². The number of aliphatic hydroxyl groups is 1. The van der Waals surface area contributed by atoms with Crippen molar-refractivity contribution in [2.75, 3.05) is 6.54 Å². The van der Waals surface area contributed by atoms with Crippen LogP contribution in [0.15, 0.2) is 24.4 Å². The molecule has 0 saturated carbocycles. The lowest BCUT2D eigenvalue weighted by Gasteiger charge is -1.95. The molecule has 0 saturated heterocycles. The molecule has 0 amide bonds. The van der Waals surface area contributed by atoms with Crippen molar-refractivity contribution in [2.45, 2.75) is 6.61 Å². The number of rotatable bonds is 3. The Morgan fingerprint density at radius 3 is 2.83 bits per heavy atom. The third kappa shape index (κ3) is 2.45. The Kier molecular flexibility index (Phi) is 3.44. The molecule has 0 radical (unpaired) electrons. The van der Waals surface area contributed by atoms with E-state index in [9.17, 15) is 0 Å². The van der Waals surface area contributed by atoms with E-state index in [4.69, 9.17) is 10.8 Å². The van der Waals surface area contributed by atoms with Crippen LogP contribution in [0.2, 0.25) is 0 Å². The highest BCUT2D eigenvalue weighted by molar-refractivity contribution is 5.44. The van der Waals surface area contributed by atoms with Crippen molar-refractivity contribution in [1.29, 1.82) is 0 Å². The van der Waals surface area contributed by atoms with Gasteiger partial charge in [0.1, 0.15) is 0 Å². The fourth-order valence-corrected chi connectivity index (χ4v) is 0.817. The zero-order valence-electron chi connectivity index (χ0n) is 6.77. The first-order valence-electron chi connectivity index (χ1n) is 3.79. The lowest BCUT2D eigenvalue weighted by atomic mass is 10.2. The Morgan fingerprint density at radius 1 is 1.50 bits per heavy atom. The third-order valence-electron chi connectivity index (χ3n) is 1.45. The van der Waals surface area contributed by atoms with Gasteiger partial charge in [0.05, 0.1) is 12.3 Å². The maximum Gasteiger partial charge on any atom is 0.0696 e. The monoisotopic (exact) mass is 164 g/mol. The molecule has 3 heteroatoms. The van der Waals surface area contributed by atoms with Crippen molar-refractivity contribution in [1.82, 2.24) is 4.98 Å². The summed E-state index contributed by atoms with van der Waals surface area (Å²) in [4.78, 5) is 4.08. The van der Waals surface area contributed by atoms with Gasteiger partial charge in [-0.15, -0.1) is 0 Å². The average molecular weight is 164 g/mol. The minimum Gasteiger partial charge on any atom is -0.392 e. The van der Waals surface area contributed by atoms with E-state index < -0.39 is 0 Å². The summed E-state index contributed by atoms with van der Waals surface area (Å²) >= 11 is 0. The van der Waals surface area contributed by atoms with E-state index in [1.165, 1.54) is 0 Å². The number of hydrogen-bond donors (Lipinski definition) is 2. The summed E-state index contributed by atoms with van der Waals surface area (Å²) < 4.78 is 0. The van der Waals surface area contributed by atoms with Gasteiger partial charge in [-0.2, -0.15) is 0 Å². The van der Waals surface area contributed by atoms with E-state index in [0.29, 0.717) is 6.54 Å².